The first-order valence-electron chi connectivity index (χ1n) is 17.1. The van der Waals surface area contributed by atoms with Crippen molar-refractivity contribution in [3.8, 4) is 0 Å². The number of hydrogen-bond donors (Lipinski definition) is 2. The highest BCUT2D eigenvalue weighted by Gasteiger charge is 2.47. The molecule has 0 bridgehead atoms. The number of carbonyl (C=O) groups is 3. The largest absolute Gasteiger partial charge is 1.00 e. The van der Waals surface area contributed by atoms with E-state index in [1.807, 2.05) is 26.0 Å². The van der Waals surface area contributed by atoms with E-state index < -0.39 is 33.3 Å². The Balaban J connectivity index is 0.00000336. The predicted molar refractivity (Wildman–Crippen MR) is 212 cm³/mol. The van der Waals surface area contributed by atoms with E-state index in [0.717, 1.165) is 28.4 Å². The van der Waals surface area contributed by atoms with E-state index in [1.54, 1.807) is 21.9 Å². The summed E-state index contributed by atoms with van der Waals surface area (Å²) in [7, 11) is 1.77. The summed E-state index contributed by atoms with van der Waals surface area (Å²) in [5.41, 5.74) is 6.85. The van der Waals surface area contributed by atoms with E-state index in [0.29, 0.717) is 17.6 Å². The molecule has 2 fully saturated rings. The number of amides is 2. The lowest BCUT2D eigenvalue weighted by Gasteiger charge is -2.43. The number of quaternary nitrogens is 1. The van der Waals surface area contributed by atoms with Crippen LogP contribution in [0.2, 0.25) is 10.0 Å². The van der Waals surface area contributed by atoms with Crippen LogP contribution in [0, 0.1) is 13.8 Å². The van der Waals surface area contributed by atoms with Gasteiger partial charge in [-0.3, -0.25) is 19.4 Å². The quantitative estimate of drug-likeness (QED) is 0.218. The molecular weight excluding hydrogens is 822 g/mol. The van der Waals surface area contributed by atoms with Gasteiger partial charge in [0.25, 0.3) is 0 Å². The smallest absolute Gasteiger partial charge is 0.244 e. The Bertz CT molecular complexity index is 1950. The number of nitrogens with zero attached hydrogens (tertiary/aromatic N) is 4. The van der Waals surface area contributed by atoms with Crippen molar-refractivity contribution in [3.05, 3.63) is 68.8 Å². The molecule has 12 nitrogen and oxygen atoms in total. The number of nitrogens with two attached hydrogens (primary N) is 1. The second-order valence-electron chi connectivity index (χ2n) is 14.5. The molecule has 3 N–H and O–H groups in total. The highest BCUT2D eigenvalue weighted by Crippen LogP contribution is 2.36. The Morgan fingerprint density at radius 2 is 1.61 bits per heavy atom. The van der Waals surface area contributed by atoms with Gasteiger partial charge in [0.15, 0.2) is 5.78 Å². The van der Waals surface area contributed by atoms with Gasteiger partial charge in [0.2, 0.25) is 21.8 Å². The number of halogens is 5. The van der Waals surface area contributed by atoms with Crippen LogP contribution in [0.3, 0.4) is 0 Å². The zero-order chi connectivity index (χ0) is 37.3. The fraction of sp³-hybridized carbons (Fsp3) is 0.500. The van der Waals surface area contributed by atoms with Gasteiger partial charge < -0.3 is 37.2 Å². The van der Waals surface area contributed by atoms with Crippen molar-refractivity contribution in [1.82, 2.24) is 19.5 Å². The van der Waals surface area contributed by atoms with Gasteiger partial charge in [0.1, 0.15) is 10.4 Å². The summed E-state index contributed by atoms with van der Waals surface area (Å²) in [6.45, 7) is 5.95. The van der Waals surface area contributed by atoms with Gasteiger partial charge >= 0.3 is 0 Å². The molecule has 5 rings (SSSR count). The molecule has 2 saturated heterocycles. The number of piperazine rings is 1. The number of carbonyl (C=O) groups excluding carboxylic acids is 3. The van der Waals surface area contributed by atoms with Gasteiger partial charge in [-0.05, 0) is 69.4 Å². The summed E-state index contributed by atoms with van der Waals surface area (Å²) < 4.78 is 37.3. The topological polar surface area (TPSA) is 152 Å². The third-order valence-electron chi connectivity index (χ3n) is 9.62. The van der Waals surface area contributed by atoms with Crippen LogP contribution in [0.15, 0.2) is 41.3 Å². The highest BCUT2D eigenvalue weighted by molar-refractivity contribution is 7.89. The van der Waals surface area contributed by atoms with Gasteiger partial charge in [-0.25, -0.2) is 8.42 Å². The van der Waals surface area contributed by atoms with Crippen molar-refractivity contribution in [3.63, 3.8) is 0 Å². The van der Waals surface area contributed by atoms with Crippen molar-refractivity contribution in [1.29, 1.82) is 0 Å². The van der Waals surface area contributed by atoms with Gasteiger partial charge in [-0.1, -0.05) is 35.3 Å². The molecule has 2 aliphatic rings. The molecule has 3 heterocycles. The van der Waals surface area contributed by atoms with E-state index in [9.17, 15) is 22.8 Å². The Morgan fingerprint density at radius 3 is 2.22 bits per heavy atom. The lowest BCUT2D eigenvalue weighted by Crippen LogP contribution is -3.00. The van der Waals surface area contributed by atoms with Crippen molar-refractivity contribution in [2.45, 2.75) is 56.0 Å². The van der Waals surface area contributed by atoms with Crippen LogP contribution in [0.5, 0.6) is 0 Å². The standard InChI is InChI=1S/C36H47Cl2N6O6S.3ClH/c1-23-22-24(2)40-32-25(23)8-6-9-26(32)33(45)30-27(37)11-12-29(31(30)38)51(48,49)41-36(13-20-50-21-14-36)35(47)43-17-15-42(16-18-43)34(46)28(39)10-7-19-44(3,4)5;;;/h6,8-9,11-12,22,28,41H,7,10,13-21,39H2,1-5H3;3*1H/q+1;;;/p-1/t28-;;;/m0.../s1. The first-order valence-corrected chi connectivity index (χ1v) is 19.3. The van der Waals surface area contributed by atoms with E-state index >= 15 is 0 Å². The number of benzene rings is 2. The number of fused-ring (bicyclic) bond motifs is 1. The Morgan fingerprint density at radius 1 is 1.00 bits per heavy atom. The summed E-state index contributed by atoms with van der Waals surface area (Å²) >= 11 is 13.3. The van der Waals surface area contributed by atoms with Crippen LogP contribution >= 0.6 is 48.0 Å². The summed E-state index contributed by atoms with van der Waals surface area (Å²) in [4.78, 5) is 48.8. The number of rotatable bonds is 11. The lowest BCUT2D eigenvalue weighted by atomic mass is 9.89. The minimum atomic E-state index is -4.49. The number of sulfonamides is 1. The molecule has 3 aromatic rings. The molecule has 54 heavy (non-hydrogen) atoms. The third kappa shape index (κ3) is 10.6. The van der Waals surface area contributed by atoms with Gasteiger partial charge in [-0.15, -0.1) is 24.8 Å². The molecule has 2 amide bonds. The van der Waals surface area contributed by atoms with Crippen LogP contribution < -0.4 is 22.9 Å². The van der Waals surface area contributed by atoms with Crippen molar-refractivity contribution >= 4 is 86.5 Å². The zero-order valence-corrected chi connectivity index (χ0v) is 35.7. The molecular formula is C36H49Cl5N6O6S. The fourth-order valence-corrected chi connectivity index (χ4v) is 9.16. The van der Waals surface area contributed by atoms with E-state index in [1.165, 1.54) is 12.1 Å². The van der Waals surface area contributed by atoms with Crippen molar-refractivity contribution in [2.75, 3.05) is 67.1 Å². The number of ether oxygens (including phenoxy) is 1. The number of hydrogen-bond acceptors (Lipinski definition) is 8. The molecule has 2 aliphatic heterocycles. The van der Waals surface area contributed by atoms with Crippen LogP contribution in [0.25, 0.3) is 10.9 Å². The number of aryl methyl sites for hydroxylation is 2. The van der Waals surface area contributed by atoms with Crippen LogP contribution in [0.4, 0.5) is 0 Å². The monoisotopic (exact) mass is 868 g/mol. The Kier molecular flexibility index (Phi) is 17.0. The molecule has 2 aromatic carbocycles. The molecule has 0 spiro atoms. The highest BCUT2D eigenvalue weighted by atomic mass is 35.5. The third-order valence-corrected chi connectivity index (χ3v) is 12.0. The number of para-hydroxylation sites is 1. The average Bonchev–Trinajstić information content (AvgIpc) is 3.06. The molecule has 0 aliphatic carbocycles. The lowest BCUT2D eigenvalue weighted by molar-refractivity contribution is -0.870. The van der Waals surface area contributed by atoms with Crippen LogP contribution in [-0.2, 0) is 24.3 Å². The van der Waals surface area contributed by atoms with Crippen molar-refractivity contribution < 1.29 is 44.4 Å². The number of nitrogens with one attached hydrogen (secondary N) is 1. The molecule has 1 atom stereocenters. The molecule has 0 unspecified atom stereocenters. The molecule has 0 radical (unpaired) electrons. The predicted octanol–water partition coefficient (Wildman–Crippen LogP) is 1.55. The summed E-state index contributed by atoms with van der Waals surface area (Å²) in [6, 6.07) is 9.00. The van der Waals surface area contributed by atoms with E-state index in [4.69, 9.17) is 33.7 Å². The maximum Gasteiger partial charge on any atom is 0.244 e. The first-order chi connectivity index (χ1) is 23.9. The van der Waals surface area contributed by atoms with Crippen LogP contribution in [-0.4, -0.2) is 124 Å². The average molecular weight is 871 g/mol. The Hall–Kier alpha value is -2.30. The summed E-state index contributed by atoms with van der Waals surface area (Å²) in [6.07, 6.45) is 1.54. The normalized spacial score (nSPS) is 16.4. The second kappa shape index (κ2) is 19.2. The maximum atomic E-state index is 14.2. The van der Waals surface area contributed by atoms with E-state index in [2.05, 4.69) is 30.8 Å². The number of pyridine rings is 1. The molecule has 0 saturated carbocycles. The van der Waals surface area contributed by atoms with E-state index in [-0.39, 0.29) is 121 Å². The SMILES string of the molecule is Cc1cc(C)c2cccc(C(=O)c3c(Cl)ccc(S(=O)(=O)NC4(C(=O)N5CCN(C(=O)[C@@H](N)CCC[N+](C)(C)C)CC5)CCOCC4)c3Cl)c2n1.Cl.Cl.[Cl-]. The Labute approximate surface area is 346 Å². The molecule has 18 heteroatoms. The number of ketones is 1. The van der Waals surface area contributed by atoms with Crippen LogP contribution in [0.1, 0.15) is 52.9 Å². The minimum Gasteiger partial charge on any atom is -1.00 e. The number of aromatic nitrogens is 1. The second-order valence-corrected chi connectivity index (χ2v) is 17.0. The summed E-state index contributed by atoms with van der Waals surface area (Å²) in [5.74, 6) is -1.15. The van der Waals surface area contributed by atoms with Gasteiger partial charge in [0.05, 0.1) is 54.9 Å². The summed E-state index contributed by atoms with van der Waals surface area (Å²) in [5, 5.41) is 0.385. The van der Waals surface area contributed by atoms with Crippen molar-refractivity contribution in [2.24, 2.45) is 5.73 Å². The maximum absolute atomic E-state index is 14.2. The van der Waals surface area contributed by atoms with Gasteiger partial charge in [0, 0.05) is 56.0 Å². The van der Waals surface area contributed by atoms with Gasteiger partial charge in [-0.2, -0.15) is 4.72 Å². The minimum absolute atomic E-state index is 0. The molecule has 300 valence electrons. The first kappa shape index (κ1) is 47.9. The zero-order valence-electron chi connectivity index (χ0n) is 31.0. The fourth-order valence-electron chi connectivity index (χ4n) is 6.82. The molecule has 1 aromatic heterocycles.